The van der Waals surface area contributed by atoms with Crippen molar-refractivity contribution in [3.05, 3.63) is 69.7 Å². The number of halogens is 1. The summed E-state index contributed by atoms with van der Waals surface area (Å²) in [5.74, 6) is 0.667. The molecule has 0 aliphatic rings. The molecule has 2 heterocycles. The molecule has 4 nitrogen and oxygen atoms in total. The van der Waals surface area contributed by atoms with Crippen LogP contribution < -0.4 is 5.32 Å². The third kappa shape index (κ3) is 3.83. The van der Waals surface area contributed by atoms with Crippen LogP contribution in [0.3, 0.4) is 0 Å². The molecule has 3 rings (SSSR count). The highest BCUT2D eigenvalue weighted by atomic mass is 79.9. The molecule has 0 saturated heterocycles. The highest BCUT2D eigenvalue weighted by molar-refractivity contribution is 9.10. The van der Waals surface area contributed by atoms with Gasteiger partial charge in [-0.2, -0.15) is 5.26 Å². The van der Waals surface area contributed by atoms with Gasteiger partial charge in [-0.15, -0.1) is 11.3 Å². The summed E-state index contributed by atoms with van der Waals surface area (Å²) in [6, 6.07) is 15.8. The Balaban J connectivity index is 1.81. The number of nitriles is 1. The van der Waals surface area contributed by atoms with Crippen molar-refractivity contribution >= 4 is 38.7 Å². The number of anilines is 1. The van der Waals surface area contributed by atoms with E-state index in [1.807, 2.05) is 47.8 Å². The van der Waals surface area contributed by atoms with Crippen LogP contribution >= 0.6 is 27.3 Å². The van der Waals surface area contributed by atoms with Gasteiger partial charge >= 0.3 is 0 Å². The summed E-state index contributed by atoms with van der Waals surface area (Å²) in [6.45, 7) is 0. The Morgan fingerprint density at radius 3 is 2.74 bits per heavy atom. The summed E-state index contributed by atoms with van der Waals surface area (Å²) in [4.78, 5) is 8.74. The second kappa shape index (κ2) is 7.18. The van der Waals surface area contributed by atoms with E-state index < -0.39 is 0 Å². The van der Waals surface area contributed by atoms with E-state index in [1.165, 1.54) is 11.3 Å². The number of nitrogens with one attached hydrogen (secondary N) is 1. The van der Waals surface area contributed by atoms with E-state index in [9.17, 15) is 5.26 Å². The Kier molecular flexibility index (Phi) is 4.81. The van der Waals surface area contributed by atoms with Crippen molar-refractivity contribution in [1.29, 1.82) is 5.26 Å². The lowest BCUT2D eigenvalue weighted by Gasteiger charge is -2.00. The zero-order chi connectivity index (χ0) is 16.1. The molecule has 1 N–H and O–H groups in total. The van der Waals surface area contributed by atoms with Gasteiger partial charge in [-0.25, -0.2) is 9.97 Å². The highest BCUT2D eigenvalue weighted by Gasteiger charge is 2.08. The molecule has 112 valence electrons. The number of allylic oxidation sites excluding steroid dienone is 1. The van der Waals surface area contributed by atoms with Crippen molar-refractivity contribution in [1.82, 2.24) is 9.97 Å². The van der Waals surface area contributed by atoms with E-state index in [0.717, 1.165) is 15.7 Å². The Hall–Kier alpha value is -2.49. The fourth-order valence-electron chi connectivity index (χ4n) is 1.89. The lowest BCUT2D eigenvalue weighted by atomic mass is 10.2. The van der Waals surface area contributed by atoms with Gasteiger partial charge < -0.3 is 5.32 Å². The predicted molar refractivity (Wildman–Crippen MR) is 96.7 cm³/mol. The number of hydrogen-bond acceptors (Lipinski definition) is 5. The fraction of sp³-hybridized carbons (Fsp3) is 0. The summed E-state index contributed by atoms with van der Waals surface area (Å²) in [6.07, 6.45) is 3.32. The van der Waals surface area contributed by atoms with Crippen LogP contribution in [-0.4, -0.2) is 9.97 Å². The minimum absolute atomic E-state index is 0.474. The third-order valence-corrected chi connectivity index (χ3v) is 4.36. The summed E-state index contributed by atoms with van der Waals surface area (Å²) in [5.41, 5.74) is 2.38. The van der Waals surface area contributed by atoms with Crippen molar-refractivity contribution < 1.29 is 0 Å². The molecule has 0 radical (unpaired) electrons. The van der Waals surface area contributed by atoms with Gasteiger partial charge in [-0.3, -0.25) is 0 Å². The average Bonchev–Trinajstić information content (AvgIpc) is 3.08. The standard InChI is InChI=1S/C17H11BrN4S/c18-14-6-7-16(21-10-14)20-9-13(8-19)17-22-15(11-23-17)12-4-2-1-3-5-12/h1-7,9-11H,(H,20,21). The van der Waals surface area contributed by atoms with Crippen LogP contribution in [0.2, 0.25) is 0 Å². The molecule has 6 heteroatoms. The van der Waals surface area contributed by atoms with Gasteiger partial charge in [0.05, 0.1) is 5.69 Å². The summed E-state index contributed by atoms with van der Waals surface area (Å²) in [7, 11) is 0. The van der Waals surface area contributed by atoms with Gasteiger partial charge in [0.15, 0.2) is 0 Å². The zero-order valence-electron chi connectivity index (χ0n) is 11.9. The van der Waals surface area contributed by atoms with E-state index in [4.69, 9.17) is 0 Å². The lowest BCUT2D eigenvalue weighted by Crippen LogP contribution is -1.93. The van der Waals surface area contributed by atoms with Gasteiger partial charge in [-0.1, -0.05) is 30.3 Å². The average molecular weight is 383 g/mol. The molecule has 1 aromatic carbocycles. The first-order chi connectivity index (χ1) is 11.3. The van der Waals surface area contributed by atoms with Crippen LogP contribution in [0.1, 0.15) is 5.01 Å². The molecule has 3 aromatic rings. The molecule has 0 aliphatic heterocycles. The Bertz CT molecular complexity index is 864. The van der Waals surface area contributed by atoms with Crippen LogP contribution in [0, 0.1) is 11.3 Å². The monoisotopic (exact) mass is 382 g/mol. The number of nitrogens with zero attached hydrogens (tertiary/aromatic N) is 3. The maximum atomic E-state index is 9.36. The Morgan fingerprint density at radius 2 is 2.04 bits per heavy atom. The smallest absolute Gasteiger partial charge is 0.136 e. The number of thiazole rings is 1. The Labute approximate surface area is 146 Å². The number of rotatable bonds is 4. The predicted octanol–water partition coefficient (Wildman–Crippen LogP) is 4.94. The normalized spacial score (nSPS) is 11.0. The SMILES string of the molecule is N#CC(=CNc1ccc(Br)cn1)c1nc(-c2ccccc2)cs1. The van der Waals surface area contributed by atoms with Crippen molar-refractivity contribution in [2.75, 3.05) is 5.32 Å². The molecular formula is C17H11BrN4S. The molecule has 0 spiro atoms. The van der Waals surface area contributed by atoms with E-state index >= 15 is 0 Å². The molecule has 23 heavy (non-hydrogen) atoms. The highest BCUT2D eigenvalue weighted by Crippen LogP contribution is 2.25. The number of pyridine rings is 1. The minimum Gasteiger partial charge on any atom is -0.345 e. The van der Waals surface area contributed by atoms with Crippen LogP contribution in [-0.2, 0) is 0 Å². The fourth-order valence-corrected chi connectivity index (χ4v) is 2.92. The topological polar surface area (TPSA) is 61.6 Å². The number of hydrogen-bond donors (Lipinski definition) is 1. The maximum absolute atomic E-state index is 9.36. The number of aromatic nitrogens is 2. The zero-order valence-corrected chi connectivity index (χ0v) is 14.3. The first-order valence-corrected chi connectivity index (χ1v) is 8.43. The van der Waals surface area contributed by atoms with E-state index in [-0.39, 0.29) is 0 Å². The molecular weight excluding hydrogens is 372 g/mol. The van der Waals surface area contributed by atoms with Gasteiger partial charge in [0.2, 0.25) is 0 Å². The van der Waals surface area contributed by atoms with E-state index in [2.05, 4.69) is 37.3 Å². The molecule has 0 atom stereocenters. The molecule has 0 unspecified atom stereocenters. The van der Waals surface area contributed by atoms with E-state index in [1.54, 1.807) is 12.4 Å². The summed E-state index contributed by atoms with van der Waals surface area (Å²) < 4.78 is 0.903. The first-order valence-electron chi connectivity index (χ1n) is 6.76. The summed E-state index contributed by atoms with van der Waals surface area (Å²) in [5, 5.41) is 15.0. The molecule has 0 amide bonds. The Morgan fingerprint density at radius 1 is 1.22 bits per heavy atom. The van der Waals surface area contributed by atoms with Gasteiger partial charge in [0, 0.05) is 27.8 Å². The van der Waals surface area contributed by atoms with Crippen molar-refractivity contribution in [2.45, 2.75) is 0 Å². The quantitative estimate of drug-likeness (QED) is 0.648. The van der Waals surface area contributed by atoms with Crippen LogP contribution in [0.25, 0.3) is 16.8 Å². The largest absolute Gasteiger partial charge is 0.345 e. The second-order valence-corrected chi connectivity index (χ2v) is 6.35. The lowest BCUT2D eigenvalue weighted by molar-refractivity contribution is 1.29. The third-order valence-electron chi connectivity index (χ3n) is 3.02. The minimum atomic E-state index is 0.474. The molecule has 0 aliphatic carbocycles. The van der Waals surface area contributed by atoms with E-state index in [0.29, 0.717) is 16.4 Å². The van der Waals surface area contributed by atoms with Gasteiger partial charge in [0.1, 0.15) is 22.5 Å². The second-order valence-electron chi connectivity index (χ2n) is 4.58. The van der Waals surface area contributed by atoms with Crippen molar-refractivity contribution in [3.8, 4) is 17.3 Å². The summed E-state index contributed by atoms with van der Waals surface area (Å²) >= 11 is 4.78. The van der Waals surface area contributed by atoms with Crippen LogP contribution in [0.4, 0.5) is 5.82 Å². The molecule has 2 aromatic heterocycles. The van der Waals surface area contributed by atoms with Crippen molar-refractivity contribution in [2.24, 2.45) is 0 Å². The van der Waals surface area contributed by atoms with Crippen molar-refractivity contribution in [3.63, 3.8) is 0 Å². The molecule has 0 fully saturated rings. The first kappa shape index (κ1) is 15.4. The van der Waals surface area contributed by atoms with Gasteiger partial charge in [0.25, 0.3) is 0 Å². The molecule has 0 bridgehead atoms. The maximum Gasteiger partial charge on any atom is 0.136 e. The molecule has 0 saturated carbocycles. The van der Waals surface area contributed by atoms with Crippen LogP contribution in [0.15, 0.2) is 64.7 Å². The van der Waals surface area contributed by atoms with Gasteiger partial charge in [-0.05, 0) is 28.1 Å². The van der Waals surface area contributed by atoms with Crippen LogP contribution in [0.5, 0.6) is 0 Å². The number of benzene rings is 1.